The van der Waals surface area contributed by atoms with Gasteiger partial charge < -0.3 is 10.0 Å². The summed E-state index contributed by atoms with van der Waals surface area (Å²) in [4.78, 5) is 40.4. The molecule has 1 heterocycles. The predicted octanol–water partition coefficient (Wildman–Crippen LogP) is 5.18. The first kappa shape index (κ1) is 22.0. The number of benzene rings is 2. The Bertz CT molecular complexity index is 1180. The maximum absolute atomic E-state index is 13.6. The SMILES string of the molecule is Cc1ccc2sc3cc(C(=O)O)cc(C(=O)N(CC(C)C)CC(C)C)c3c(=O)c2c1. The van der Waals surface area contributed by atoms with Crippen LogP contribution in [0.4, 0.5) is 0 Å². The Morgan fingerprint density at radius 1 is 1.00 bits per heavy atom. The van der Waals surface area contributed by atoms with Crippen LogP contribution in [0, 0.1) is 18.8 Å². The molecule has 3 rings (SSSR count). The van der Waals surface area contributed by atoms with E-state index in [1.165, 1.54) is 23.5 Å². The van der Waals surface area contributed by atoms with Crippen molar-refractivity contribution in [1.82, 2.24) is 4.90 Å². The molecule has 0 unspecified atom stereocenters. The van der Waals surface area contributed by atoms with Gasteiger partial charge in [-0.2, -0.15) is 0 Å². The monoisotopic (exact) mass is 425 g/mol. The highest BCUT2D eigenvalue weighted by Gasteiger charge is 2.24. The van der Waals surface area contributed by atoms with Crippen LogP contribution in [-0.4, -0.2) is 35.0 Å². The van der Waals surface area contributed by atoms with Gasteiger partial charge in [-0.1, -0.05) is 39.3 Å². The zero-order valence-corrected chi connectivity index (χ0v) is 18.8. The van der Waals surface area contributed by atoms with Crippen LogP contribution in [0.2, 0.25) is 0 Å². The van der Waals surface area contributed by atoms with Gasteiger partial charge in [0.25, 0.3) is 5.91 Å². The van der Waals surface area contributed by atoms with E-state index in [0.29, 0.717) is 28.6 Å². The summed E-state index contributed by atoms with van der Waals surface area (Å²) in [5, 5.41) is 10.5. The van der Waals surface area contributed by atoms with Gasteiger partial charge in [-0.3, -0.25) is 9.59 Å². The quantitative estimate of drug-likeness (QED) is 0.553. The molecule has 0 saturated heterocycles. The molecule has 0 saturated carbocycles. The van der Waals surface area contributed by atoms with E-state index in [1.807, 2.05) is 52.8 Å². The van der Waals surface area contributed by atoms with Gasteiger partial charge in [0, 0.05) is 27.9 Å². The van der Waals surface area contributed by atoms with Crippen molar-refractivity contribution < 1.29 is 14.7 Å². The van der Waals surface area contributed by atoms with Gasteiger partial charge in [-0.15, -0.1) is 11.3 Å². The minimum Gasteiger partial charge on any atom is -0.478 e. The maximum Gasteiger partial charge on any atom is 0.335 e. The Morgan fingerprint density at radius 3 is 2.20 bits per heavy atom. The van der Waals surface area contributed by atoms with Crippen LogP contribution in [0.15, 0.2) is 35.1 Å². The molecule has 0 aliphatic carbocycles. The van der Waals surface area contributed by atoms with E-state index in [2.05, 4.69) is 0 Å². The second-order valence-electron chi connectivity index (χ2n) is 8.63. The van der Waals surface area contributed by atoms with Gasteiger partial charge in [-0.05, 0) is 43.0 Å². The van der Waals surface area contributed by atoms with Crippen LogP contribution in [0.5, 0.6) is 0 Å². The van der Waals surface area contributed by atoms with Gasteiger partial charge in [0.1, 0.15) is 0 Å². The van der Waals surface area contributed by atoms with E-state index in [9.17, 15) is 19.5 Å². The van der Waals surface area contributed by atoms with E-state index in [-0.39, 0.29) is 34.3 Å². The molecule has 1 N–H and O–H groups in total. The molecule has 6 heteroatoms. The molecule has 0 aliphatic rings. The number of hydrogen-bond donors (Lipinski definition) is 1. The molecular formula is C24H27NO4S. The fourth-order valence-electron chi connectivity index (χ4n) is 3.68. The van der Waals surface area contributed by atoms with E-state index in [4.69, 9.17) is 0 Å². The summed E-state index contributed by atoms with van der Waals surface area (Å²) in [5.74, 6) is -0.907. The van der Waals surface area contributed by atoms with Crippen molar-refractivity contribution in [3.8, 4) is 0 Å². The molecule has 158 valence electrons. The van der Waals surface area contributed by atoms with Crippen LogP contribution in [0.25, 0.3) is 20.2 Å². The number of hydrogen-bond acceptors (Lipinski definition) is 4. The highest BCUT2D eigenvalue weighted by Crippen LogP contribution is 2.29. The third-order valence-corrected chi connectivity index (χ3v) is 5.98. The van der Waals surface area contributed by atoms with Crippen LogP contribution in [-0.2, 0) is 0 Å². The Labute approximate surface area is 179 Å². The van der Waals surface area contributed by atoms with Gasteiger partial charge in [0.15, 0.2) is 5.43 Å². The first-order chi connectivity index (χ1) is 14.1. The highest BCUT2D eigenvalue weighted by atomic mass is 32.1. The van der Waals surface area contributed by atoms with E-state index in [1.54, 1.807) is 4.90 Å². The van der Waals surface area contributed by atoms with Crippen molar-refractivity contribution in [1.29, 1.82) is 0 Å². The molecule has 1 amide bonds. The van der Waals surface area contributed by atoms with Crippen molar-refractivity contribution in [3.05, 3.63) is 57.2 Å². The third-order valence-electron chi connectivity index (χ3n) is 4.86. The van der Waals surface area contributed by atoms with Crippen molar-refractivity contribution in [2.75, 3.05) is 13.1 Å². The van der Waals surface area contributed by atoms with Crippen LogP contribution in [0.3, 0.4) is 0 Å². The number of rotatable bonds is 6. The van der Waals surface area contributed by atoms with Gasteiger partial charge in [0.2, 0.25) is 0 Å². The van der Waals surface area contributed by atoms with Crippen LogP contribution < -0.4 is 5.43 Å². The molecule has 0 bridgehead atoms. The van der Waals surface area contributed by atoms with Crippen LogP contribution >= 0.6 is 11.3 Å². The molecule has 0 atom stereocenters. The average Bonchev–Trinajstić information content (AvgIpc) is 2.66. The number of amides is 1. The topological polar surface area (TPSA) is 74.7 Å². The molecule has 1 aromatic heterocycles. The Kier molecular flexibility index (Phi) is 6.27. The van der Waals surface area contributed by atoms with Crippen molar-refractivity contribution in [2.24, 2.45) is 11.8 Å². The number of carbonyl (C=O) groups is 2. The lowest BCUT2D eigenvalue weighted by molar-refractivity contribution is 0.0697. The first-order valence-electron chi connectivity index (χ1n) is 10.1. The maximum atomic E-state index is 13.6. The average molecular weight is 426 g/mol. The Morgan fingerprint density at radius 2 is 1.63 bits per heavy atom. The zero-order chi connectivity index (χ0) is 22.2. The summed E-state index contributed by atoms with van der Waals surface area (Å²) in [5.41, 5.74) is 0.928. The first-order valence-corrected chi connectivity index (χ1v) is 10.9. The lowest BCUT2D eigenvalue weighted by Gasteiger charge is -2.27. The lowest BCUT2D eigenvalue weighted by Crippen LogP contribution is -2.37. The summed E-state index contributed by atoms with van der Waals surface area (Å²) in [6.45, 7) is 11.1. The van der Waals surface area contributed by atoms with E-state index in [0.717, 1.165) is 10.3 Å². The largest absolute Gasteiger partial charge is 0.478 e. The minimum absolute atomic E-state index is 0.0157. The van der Waals surface area contributed by atoms with Crippen molar-refractivity contribution >= 4 is 43.4 Å². The summed E-state index contributed by atoms with van der Waals surface area (Å²) in [6.07, 6.45) is 0. The smallest absolute Gasteiger partial charge is 0.335 e. The number of carboxylic acids is 1. The third kappa shape index (κ3) is 4.38. The standard InChI is InChI=1S/C24H27NO4S/c1-13(2)11-25(12-14(3)4)23(27)18-9-16(24(28)29)10-20-21(18)22(26)17-8-15(5)6-7-19(17)30-20/h6-10,13-14H,11-12H2,1-5H3,(H,28,29). The molecular weight excluding hydrogens is 398 g/mol. The number of carboxylic acid groups (broad SMARTS) is 1. The molecule has 3 aromatic rings. The zero-order valence-electron chi connectivity index (χ0n) is 18.0. The van der Waals surface area contributed by atoms with Gasteiger partial charge in [-0.25, -0.2) is 4.79 Å². The number of fused-ring (bicyclic) bond motifs is 2. The Balaban J connectivity index is 2.33. The normalized spacial score (nSPS) is 11.6. The lowest BCUT2D eigenvalue weighted by atomic mass is 10.0. The predicted molar refractivity (Wildman–Crippen MR) is 123 cm³/mol. The fraction of sp³-hybridized carbons (Fsp3) is 0.375. The number of nitrogens with zero attached hydrogens (tertiary/aromatic N) is 1. The molecule has 0 spiro atoms. The summed E-state index contributed by atoms with van der Waals surface area (Å²) < 4.78 is 1.30. The van der Waals surface area contributed by atoms with E-state index < -0.39 is 5.97 Å². The summed E-state index contributed by atoms with van der Waals surface area (Å²) in [6, 6.07) is 8.47. The molecule has 5 nitrogen and oxygen atoms in total. The number of carbonyl (C=O) groups excluding carboxylic acids is 1. The minimum atomic E-state index is -1.12. The molecule has 0 fully saturated rings. The molecule has 0 aliphatic heterocycles. The second kappa shape index (κ2) is 8.56. The molecule has 30 heavy (non-hydrogen) atoms. The summed E-state index contributed by atoms with van der Waals surface area (Å²) in [7, 11) is 0. The van der Waals surface area contributed by atoms with Crippen LogP contribution in [0.1, 0.15) is 54.0 Å². The fourth-order valence-corrected chi connectivity index (χ4v) is 4.80. The Hall–Kier alpha value is -2.73. The van der Waals surface area contributed by atoms with Crippen molar-refractivity contribution in [3.63, 3.8) is 0 Å². The summed E-state index contributed by atoms with van der Waals surface area (Å²) >= 11 is 1.34. The second-order valence-corrected chi connectivity index (χ2v) is 9.71. The van der Waals surface area contributed by atoms with Gasteiger partial charge >= 0.3 is 5.97 Å². The highest BCUT2D eigenvalue weighted by molar-refractivity contribution is 7.24. The van der Waals surface area contributed by atoms with E-state index >= 15 is 0 Å². The molecule has 2 aromatic carbocycles. The molecule has 0 radical (unpaired) electrons. The number of aromatic carboxylic acids is 1. The van der Waals surface area contributed by atoms with Crippen molar-refractivity contribution in [2.45, 2.75) is 34.6 Å². The van der Waals surface area contributed by atoms with Gasteiger partial charge in [0.05, 0.1) is 16.5 Å². The number of aryl methyl sites for hydroxylation is 1.